The number of rotatable bonds is 10. The minimum atomic E-state index is 1.07. The van der Waals surface area contributed by atoms with Crippen molar-refractivity contribution in [1.29, 1.82) is 0 Å². The maximum absolute atomic E-state index is 2.49. The zero-order valence-electron chi connectivity index (χ0n) is 41.8. The molecule has 0 N–H and O–H groups in total. The molecular weight excluding hydrogens is 917 g/mol. The molecule has 0 saturated heterocycles. The second-order valence-electron chi connectivity index (χ2n) is 19.7. The van der Waals surface area contributed by atoms with Crippen molar-refractivity contribution >= 4 is 88.0 Å². The minimum absolute atomic E-state index is 1.07. The van der Waals surface area contributed by atoms with Crippen LogP contribution in [0.1, 0.15) is 0 Å². The van der Waals surface area contributed by atoms with Gasteiger partial charge in [-0.3, -0.25) is 0 Å². The molecule has 14 aromatic carbocycles. The highest BCUT2D eigenvalue weighted by Crippen LogP contribution is 2.51. The van der Waals surface area contributed by atoms with Crippen LogP contribution in [0.5, 0.6) is 0 Å². The molecular formula is C74H50N2. The highest BCUT2D eigenvalue weighted by atomic mass is 15.2. The molecule has 0 aliphatic rings. The van der Waals surface area contributed by atoms with Crippen molar-refractivity contribution in [3.8, 4) is 44.5 Å². The Balaban J connectivity index is 1.02. The third-order valence-corrected chi connectivity index (χ3v) is 15.2. The topological polar surface area (TPSA) is 6.48 Å². The molecule has 2 nitrogen and oxygen atoms in total. The van der Waals surface area contributed by atoms with Crippen molar-refractivity contribution in [3.05, 3.63) is 303 Å². The highest BCUT2D eigenvalue weighted by molar-refractivity contribution is 6.12. The van der Waals surface area contributed by atoms with Crippen molar-refractivity contribution in [1.82, 2.24) is 0 Å². The monoisotopic (exact) mass is 966 g/mol. The molecule has 0 radical (unpaired) electrons. The van der Waals surface area contributed by atoms with Gasteiger partial charge in [0.05, 0.1) is 22.7 Å². The van der Waals surface area contributed by atoms with Crippen LogP contribution in [0.25, 0.3) is 98.4 Å². The van der Waals surface area contributed by atoms with Crippen LogP contribution in [0, 0.1) is 0 Å². The van der Waals surface area contributed by atoms with Crippen LogP contribution in [-0.2, 0) is 0 Å². The van der Waals surface area contributed by atoms with Gasteiger partial charge in [-0.1, -0.05) is 237 Å². The number of hydrogen-bond donors (Lipinski definition) is 0. The molecule has 356 valence electrons. The molecule has 0 heterocycles. The summed E-state index contributed by atoms with van der Waals surface area (Å²) in [5, 5.41) is 12.0. The summed E-state index contributed by atoms with van der Waals surface area (Å²) in [6.45, 7) is 0. The number of anilines is 6. The first-order valence-corrected chi connectivity index (χ1v) is 26.1. The molecule has 0 atom stereocenters. The van der Waals surface area contributed by atoms with E-state index in [1.54, 1.807) is 0 Å². The summed E-state index contributed by atoms with van der Waals surface area (Å²) in [4.78, 5) is 4.97. The Morgan fingerprint density at radius 1 is 0.184 bits per heavy atom. The smallest absolute Gasteiger partial charge is 0.0546 e. The second kappa shape index (κ2) is 19.1. The first-order valence-electron chi connectivity index (χ1n) is 26.1. The van der Waals surface area contributed by atoms with Crippen LogP contribution in [-0.4, -0.2) is 0 Å². The van der Waals surface area contributed by atoms with Gasteiger partial charge in [-0.15, -0.1) is 0 Å². The third kappa shape index (κ3) is 8.10. The number of benzene rings is 14. The van der Waals surface area contributed by atoms with Gasteiger partial charge in [0.15, 0.2) is 0 Å². The zero-order chi connectivity index (χ0) is 50.4. The Hall–Kier alpha value is -10.0. The SMILES string of the molecule is c1ccc(-c2cc3ccc(N(c4ccc(-c5ccc6ccccc6c5)cc4)c4cccc5ccccc45)c(-c4ccccc4)c3cc2N(c2ccc(-c3ccc4ccccc4c3)cc2)c2cccc3ccccc23)cc1. The molecule has 0 aromatic heterocycles. The first-order chi connectivity index (χ1) is 37.7. The van der Waals surface area contributed by atoms with Crippen LogP contribution < -0.4 is 9.80 Å². The van der Waals surface area contributed by atoms with Gasteiger partial charge in [0, 0.05) is 33.3 Å². The van der Waals surface area contributed by atoms with E-state index in [4.69, 9.17) is 0 Å². The quantitative estimate of drug-likeness (QED) is 0.135. The van der Waals surface area contributed by atoms with Gasteiger partial charge in [0.1, 0.15) is 0 Å². The Labute approximate surface area is 443 Å². The van der Waals surface area contributed by atoms with E-state index in [9.17, 15) is 0 Å². The standard InChI is InChI=1S/C74H50N2/c1-3-19-57(20-4-1)68-49-63-41-46-72(75(70-31-15-27-55-21-11-13-29-66(55)70)64-42-37-53(38-43-64)61-35-33-51-17-7-9-25-59(51)47-61)74(58-23-5-2-6-24-58)69(63)50-73(68)76(71-32-16-28-56-22-12-14-30-67(56)71)65-44-39-54(40-45-65)62-36-34-52-18-8-10-26-60(52)48-62/h1-50H. The van der Waals surface area contributed by atoms with Crippen LogP contribution in [0.2, 0.25) is 0 Å². The van der Waals surface area contributed by atoms with Crippen LogP contribution in [0.15, 0.2) is 303 Å². The van der Waals surface area contributed by atoms with Gasteiger partial charge in [-0.05, 0) is 143 Å². The average Bonchev–Trinajstić information content (AvgIpc) is 3.51. The molecule has 0 saturated carbocycles. The Morgan fingerprint density at radius 2 is 0.592 bits per heavy atom. The maximum atomic E-state index is 2.49. The van der Waals surface area contributed by atoms with Crippen LogP contribution in [0.3, 0.4) is 0 Å². The summed E-state index contributed by atoms with van der Waals surface area (Å²) in [7, 11) is 0. The molecule has 0 aliphatic carbocycles. The van der Waals surface area contributed by atoms with Gasteiger partial charge < -0.3 is 9.80 Å². The number of nitrogens with zero attached hydrogens (tertiary/aromatic N) is 2. The average molecular weight is 967 g/mol. The van der Waals surface area contributed by atoms with Gasteiger partial charge >= 0.3 is 0 Å². The summed E-state index contributed by atoms with van der Waals surface area (Å²) in [5.41, 5.74) is 15.8. The van der Waals surface area contributed by atoms with Crippen molar-refractivity contribution in [2.75, 3.05) is 9.80 Å². The van der Waals surface area contributed by atoms with Crippen LogP contribution in [0.4, 0.5) is 34.1 Å². The third-order valence-electron chi connectivity index (χ3n) is 15.2. The van der Waals surface area contributed by atoms with Gasteiger partial charge in [0.25, 0.3) is 0 Å². The predicted octanol–water partition coefficient (Wildman–Crippen LogP) is 21.1. The molecule has 0 fully saturated rings. The lowest BCUT2D eigenvalue weighted by molar-refractivity contribution is 1.29. The Bertz CT molecular complexity index is 4440. The first kappa shape index (κ1) is 44.7. The van der Waals surface area contributed by atoms with E-state index in [2.05, 4.69) is 313 Å². The molecule has 0 unspecified atom stereocenters. The number of hydrogen-bond acceptors (Lipinski definition) is 2. The molecule has 14 aromatic rings. The van der Waals surface area contributed by atoms with Crippen molar-refractivity contribution < 1.29 is 0 Å². The minimum Gasteiger partial charge on any atom is -0.309 e. The highest BCUT2D eigenvalue weighted by Gasteiger charge is 2.25. The summed E-state index contributed by atoms with van der Waals surface area (Å²) in [5.74, 6) is 0. The zero-order valence-corrected chi connectivity index (χ0v) is 41.8. The van der Waals surface area contributed by atoms with E-state index in [-0.39, 0.29) is 0 Å². The fraction of sp³-hybridized carbons (Fsp3) is 0. The molecule has 14 rings (SSSR count). The summed E-state index contributed by atoms with van der Waals surface area (Å²) in [6, 6.07) is 111. The molecule has 76 heavy (non-hydrogen) atoms. The Morgan fingerprint density at radius 3 is 1.12 bits per heavy atom. The van der Waals surface area contributed by atoms with E-state index in [1.807, 2.05) is 0 Å². The van der Waals surface area contributed by atoms with Gasteiger partial charge in [-0.25, -0.2) is 0 Å². The lowest BCUT2D eigenvalue weighted by Gasteiger charge is -2.32. The van der Waals surface area contributed by atoms with E-state index in [0.29, 0.717) is 0 Å². The lowest BCUT2D eigenvalue weighted by Crippen LogP contribution is -2.13. The molecule has 0 bridgehead atoms. The van der Waals surface area contributed by atoms with E-state index in [1.165, 1.54) is 65.3 Å². The van der Waals surface area contributed by atoms with Crippen molar-refractivity contribution in [2.45, 2.75) is 0 Å². The fourth-order valence-electron chi connectivity index (χ4n) is 11.4. The molecule has 0 aliphatic heterocycles. The fourth-order valence-corrected chi connectivity index (χ4v) is 11.4. The largest absolute Gasteiger partial charge is 0.309 e. The molecule has 0 amide bonds. The Kier molecular flexibility index (Phi) is 11.2. The van der Waals surface area contributed by atoms with Gasteiger partial charge in [0.2, 0.25) is 0 Å². The summed E-state index contributed by atoms with van der Waals surface area (Å²) in [6.07, 6.45) is 0. The predicted molar refractivity (Wildman–Crippen MR) is 325 cm³/mol. The summed E-state index contributed by atoms with van der Waals surface area (Å²) >= 11 is 0. The normalized spacial score (nSPS) is 11.4. The molecule has 2 heteroatoms. The van der Waals surface area contributed by atoms with Crippen LogP contribution >= 0.6 is 0 Å². The maximum Gasteiger partial charge on any atom is 0.0546 e. The summed E-state index contributed by atoms with van der Waals surface area (Å²) < 4.78 is 0. The van der Waals surface area contributed by atoms with E-state index >= 15 is 0 Å². The van der Waals surface area contributed by atoms with Crippen molar-refractivity contribution in [3.63, 3.8) is 0 Å². The van der Waals surface area contributed by atoms with Gasteiger partial charge in [-0.2, -0.15) is 0 Å². The van der Waals surface area contributed by atoms with E-state index in [0.717, 1.165) is 67.2 Å². The lowest BCUT2D eigenvalue weighted by atomic mass is 9.90. The second-order valence-corrected chi connectivity index (χ2v) is 19.7. The molecule has 0 spiro atoms. The number of fused-ring (bicyclic) bond motifs is 5. The van der Waals surface area contributed by atoms with Crippen molar-refractivity contribution in [2.24, 2.45) is 0 Å². The van der Waals surface area contributed by atoms with E-state index < -0.39 is 0 Å².